The number of H-pyrrole nitrogens is 1. The summed E-state index contributed by atoms with van der Waals surface area (Å²) in [6.45, 7) is 1.84. The van der Waals surface area contributed by atoms with E-state index < -0.39 is 0 Å². The van der Waals surface area contributed by atoms with Crippen molar-refractivity contribution in [3.8, 4) is 17.0 Å². The largest absolute Gasteiger partial charge is 0.490 e. The third-order valence-electron chi connectivity index (χ3n) is 2.86. The second kappa shape index (κ2) is 4.29. The van der Waals surface area contributed by atoms with Gasteiger partial charge in [-0.15, -0.1) is 0 Å². The first-order valence-corrected chi connectivity index (χ1v) is 6.06. The summed E-state index contributed by atoms with van der Waals surface area (Å²) < 4.78 is 5.68. The number of nitrogens with zero attached hydrogens (tertiary/aromatic N) is 1. The summed E-state index contributed by atoms with van der Waals surface area (Å²) in [6.07, 6.45) is 2.70. The van der Waals surface area contributed by atoms with E-state index in [1.54, 1.807) is 0 Å². The van der Waals surface area contributed by atoms with Crippen molar-refractivity contribution in [2.45, 2.75) is 25.9 Å². The molecule has 4 nitrogen and oxygen atoms in total. The van der Waals surface area contributed by atoms with Gasteiger partial charge >= 0.3 is 5.69 Å². The van der Waals surface area contributed by atoms with Crippen LogP contribution in [0.25, 0.3) is 11.3 Å². The summed E-state index contributed by atoms with van der Waals surface area (Å²) in [5.74, 6) is 0.878. The van der Waals surface area contributed by atoms with E-state index in [0.717, 1.165) is 29.8 Å². The zero-order chi connectivity index (χ0) is 12.5. The van der Waals surface area contributed by atoms with E-state index in [1.165, 1.54) is 0 Å². The highest BCUT2D eigenvalue weighted by Gasteiger charge is 2.23. The Morgan fingerprint density at radius 3 is 2.61 bits per heavy atom. The lowest BCUT2D eigenvalue weighted by Crippen LogP contribution is -2.11. The highest BCUT2D eigenvalue weighted by Crippen LogP contribution is 2.28. The monoisotopic (exact) mass is 242 g/mol. The number of nitrogens with one attached hydrogen (secondary N) is 1. The smallest absolute Gasteiger partial charge is 0.345 e. The van der Waals surface area contributed by atoms with E-state index in [2.05, 4.69) is 9.97 Å². The van der Waals surface area contributed by atoms with Gasteiger partial charge in [-0.1, -0.05) is 0 Å². The fraction of sp³-hybridized carbons (Fsp3) is 0.286. The summed E-state index contributed by atoms with van der Waals surface area (Å²) in [5.41, 5.74) is 2.10. The molecule has 0 bridgehead atoms. The van der Waals surface area contributed by atoms with Gasteiger partial charge in [0.1, 0.15) is 5.75 Å². The second-order valence-corrected chi connectivity index (χ2v) is 4.60. The maximum absolute atomic E-state index is 11.3. The average Bonchev–Trinajstić information content (AvgIpc) is 3.12. The zero-order valence-corrected chi connectivity index (χ0v) is 10.1. The molecule has 0 radical (unpaired) electrons. The lowest BCUT2D eigenvalue weighted by Gasteiger charge is -2.05. The molecule has 4 heteroatoms. The van der Waals surface area contributed by atoms with Crippen LogP contribution in [0.1, 0.15) is 18.5 Å². The number of ether oxygens (including phenoxy) is 1. The average molecular weight is 242 g/mol. The first-order chi connectivity index (χ1) is 8.70. The highest BCUT2D eigenvalue weighted by atomic mass is 16.5. The molecule has 1 fully saturated rings. The van der Waals surface area contributed by atoms with Gasteiger partial charge in [-0.2, -0.15) is 4.98 Å². The summed E-state index contributed by atoms with van der Waals surface area (Å²) >= 11 is 0. The molecule has 1 aliphatic carbocycles. The molecule has 3 rings (SSSR count). The van der Waals surface area contributed by atoms with Gasteiger partial charge in [0.25, 0.3) is 0 Å². The Bertz CT molecular complexity index is 612. The Morgan fingerprint density at radius 2 is 2.00 bits per heavy atom. The molecule has 1 saturated carbocycles. The van der Waals surface area contributed by atoms with Crippen LogP contribution in [0, 0.1) is 6.92 Å². The summed E-state index contributed by atoms with van der Waals surface area (Å²) in [5, 5.41) is 0. The van der Waals surface area contributed by atoms with E-state index >= 15 is 0 Å². The summed E-state index contributed by atoms with van der Waals surface area (Å²) in [4.78, 5) is 17.9. The Morgan fingerprint density at radius 1 is 1.28 bits per heavy atom. The minimum atomic E-state index is -0.316. The fourth-order valence-electron chi connectivity index (χ4n) is 1.81. The molecule has 1 N–H and O–H groups in total. The molecular weight excluding hydrogens is 228 g/mol. The van der Waals surface area contributed by atoms with Crippen LogP contribution in [0.4, 0.5) is 0 Å². The lowest BCUT2D eigenvalue weighted by atomic mass is 10.1. The molecule has 18 heavy (non-hydrogen) atoms. The van der Waals surface area contributed by atoms with Gasteiger partial charge in [-0.05, 0) is 50.1 Å². The van der Waals surface area contributed by atoms with Gasteiger partial charge in [0, 0.05) is 11.3 Å². The van der Waals surface area contributed by atoms with E-state index in [-0.39, 0.29) is 5.69 Å². The molecule has 2 aromatic rings. The van der Waals surface area contributed by atoms with Gasteiger partial charge in [-0.25, -0.2) is 4.79 Å². The molecule has 0 aliphatic heterocycles. The summed E-state index contributed by atoms with van der Waals surface area (Å²) in [7, 11) is 0. The lowest BCUT2D eigenvalue weighted by molar-refractivity contribution is 0.303. The van der Waals surface area contributed by atoms with Gasteiger partial charge in [0.2, 0.25) is 0 Å². The molecule has 0 atom stereocenters. The Hall–Kier alpha value is -2.10. The molecule has 1 heterocycles. The number of aryl methyl sites for hydroxylation is 1. The number of aromatic amines is 1. The van der Waals surface area contributed by atoms with Gasteiger partial charge in [0.15, 0.2) is 0 Å². The molecule has 0 amide bonds. The normalized spacial score (nSPS) is 14.5. The van der Waals surface area contributed by atoms with Crippen molar-refractivity contribution in [3.05, 3.63) is 46.5 Å². The van der Waals surface area contributed by atoms with Gasteiger partial charge < -0.3 is 9.72 Å². The highest BCUT2D eigenvalue weighted by molar-refractivity contribution is 5.60. The third kappa shape index (κ3) is 2.42. The minimum Gasteiger partial charge on any atom is -0.490 e. The molecule has 1 aromatic carbocycles. The number of benzene rings is 1. The van der Waals surface area contributed by atoms with E-state index in [4.69, 9.17) is 4.74 Å². The van der Waals surface area contributed by atoms with Crippen molar-refractivity contribution in [1.82, 2.24) is 9.97 Å². The Balaban J connectivity index is 1.88. The predicted octanol–water partition coefficient (Wildman–Crippen LogP) is 2.29. The van der Waals surface area contributed by atoms with Crippen LogP contribution in [0.5, 0.6) is 5.75 Å². The molecule has 1 aliphatic rings. The molecule has 0 saturated heterocycles. The molecule has 1 aromatic heterocycles. The van der Waals surface area contributed by atoms with Crippen LogP contribution in [0.2, 0.25) is 0 Å². The van der Waals surface area contributed by atoms with Crippen LogP contribution in [-0.2, 0) is 0 Å². The maximum Gasteiger partial charge on any atom is 0.345 e. The molecular formula is C14H14N2O2. The predicted molar refractivity (Wildman–Crippen MR) is 68.7 cm³/mol. The van der Waals surface area contributed by atoms with Crippen molar-refractivity contribution in [2.75, 3.05) is 0 Å². The van der Waals surface area contributed by atoms with Crippen molar-refractivity contribution in [3.63, 3.8) is 0 Å². The number of hydrogen-bond donors (Lipinski definition) is 1. The van der Waals surface area contributed by atoms with Crippen LogP contribution in [0.3, 0.4) is 0 Å². The summed E-state index contributed by atoms with van der Waals surface area (Å²) in [6, 6.07) is 9.56. The van der Waals surface area contributed by atoms with Crippen molar-refractivity contribution < 1.29 is 4.74 Å². The Kier molecular flexibility index (Phi) is 2.63. The SMILES string of the molecule is Cc1cc(-c2ccc(OC3CC3)cc2)nc(=O)[nH]1. The van der Waals surface area contributed by atoms with Crippen molar-refractivity contribution in [1.29, 1.82) is 0 Å². The maximum atomic E-state index is 11.3. The van der Waals surface area contributed by atoms with E-state index in [0.29, 0.717) is 11.8 Å². The molecule has 0 unspecified atom stereocenters. The van der Waals surface area contributed by atoms with Crippen LogP contribution in [-0.4, -0.2) is 16.1 Å². The van der Waals surface area contributed by atoms with Crippen LogP contribution < -0.4 is 10.4 Å². The van der Waals surface area contributed by atoms with Gasteiger partial charge in [-0.3, -0.25) is 0 Å². The van der Waals surface area contributed by atoms with Crippen molar-refractivity contribution >= 4 is 0 Å². The van der Waals surface area contributed by atoms with Crippen LogP contribution in [0.15, 0.2) is 35.1 Å². The number of hydrogen-bond acceptors (Lipinski definition) is 3. The number of aromatic nitrogens is 2. The first-order valence-electron chi connectivity index (χ1n) is 6.06. The zero-order valence-electron chi connectivity index (χ0n) is 10.1. The van der Waals surface area contributed by atoms with Crippen LogP contribution >= 0.6 is 0 Å². The van der Waals surface area contributed by atoms with E-state index in [1.807, 2.05) is 37.3 Å². The topological polar surface area (TPSA) is 55.0 Å². The Labute approximate surface area is 105 Å². The fourth-order valence-corrected chi connectivity index (χ4v) is 1.81. The number of rotatable bonds is 3. The molecule has 0 spiro atoms. The third-order valence-corrected chi connectivity index (χ3v) is 2.86. The second-order valence-electron chi connectivity index (χ2n) is 4.60. The van der Waals surface area contributed by atoms with E-state index in [9.17, 15) is 4.79 Å². The van der Waals surface area contributed by atoms with Gasteiger partial charge in [0.05, 0.1) is 11.8 Å². The molecule has 92 valence electrons. The first kappa shape index (κ1) is 11.0. The van der Waals surface area contributed by atoms with Crippen molar-refractivity contribution in [2.24, 2.45) is 0 Å². The standard InChI is InChI=1S/C14H14N2O2/c1-9-8-13(16-14(17)15-9)10-2-4-11(5-3-10)18-12-6-7-12/h2-5,8,12H,6-7H2,1H3,(H,15,16,17). The minimum absolute atomic E-state index is 0.316. The quantitative estimate of drug-likeness (QED) is 0.898.